The summed E-state index contributed by atoms with van der Waals surface area (Å²) in [7, 11) is 0. The molecule has 4 aliphatic carbocycles. The maximum atomic E-state index is 12.7. The quantitative estimate of drug-likeness (QED) is 0.0727. The molecule has 3 saturated carbocycles. The van der Waals surface area contributed by atoms with Crippen LogP contribution in [0.1, 0.15) is 125 Å². The minimum atomic E-state index is -0.179. The van der Waals surface area contributed by atoms with Crippen LogP contribution in [0.25, 0.3) is 0 Å². The standard InChI is InChI=1S/C40H70N2O7/c1-6-36(43)42-20-22-46-24-26-48-28-27-47-25-23-45-21-16-37(44)49-33-14-17-39(5)32(29-33)13-19-40(41)34-12-11-31(10-8-7-9-30(2)3)38(34,4)18-15-35(39)40/h13,30-31,33-35H,6-12,14-29,41H2,1-5H3,(H,42,43). The van der Waals surface area contributed by atoms with Crippen LogP contribution in [0.2, 0.25) is 0 Å². The summed E-state index contributed by atoms with van der Waals surface area (Å²) in [6, 6.07) is 0. The Bertz CT molecular complexity index is 1070. The minimum Gasteiger partial charge on any atom is -0.462 e. The fraction of sp³-hybridized carbons (Fsp3) is 0.900. The van der Waals surface area contributed by atoms with Crippen molar-refractivity contribution in [2.24, 2.45) is 40.2 Å². The van der Waals surface area contributed by atoms with E-state index in [4.69, 9.17) is 29.4 Å². The van der Waals surface area contributed by atoms with E-state index in [-0.39, 0.29) is 35.4 Å². The molecule has 0 saturated heterocycles. The molecule has 7 unspecified atom stereocenters. The maximum Gasteiger partial charge on any atom is 0.308 e. The van der Waals surface area contributed by atoms with Crippen LogP contribution in [0, 0.1) is 34.5 Å². The predicted molar refractivity (Wildman–Crippen MR) is 193 cm³/mol. The number of carbonyl (C=O) groups excluding carboxylic acids is 2. The zero-order chi connectivity index (χ0) is 35.3. The molecule has 9 heteroatoms. The number of hydrogen-bond acceptors (Lipinski definition) is 8. The van der Waals surface area contributed by atoms with Crippen LogP contribution in [-0.2, 0) is 33.3 Å². The largest absolute Gasteiger partial charge is 0.462 e. The summed E-state index contributed by atoms with van der Waals surface area (Å²) in [6.45, 7) is 15.7. The molecule has 0 aromatic rings. The van der Waals surface area contributed by atoms with Gasteiger partial charge in [-0.15, -0.1) is 0 Å². The summed E-state index contributed by atoms with van der Waals surface area (Å²) in [4.78, 5) is 23.8. The number of carbonyl (C=O) groups is 2. The summed E-state index contributed by atoms with van der Waals surface area (Å²) < 4.78 is 28.0. The first-order valence-corrected chi connectivity index (χ1v) is 19.8. The fourth-order valence-electron chi connectivity index (χ4n) is 10.0. The summed E-state index contributed by atoms with van der Waals surface area (Å²) in [5.74, 6) is 2.60. The molecule has 0 aromatic carbocycles. The molecule has 9 nitrogen and oxygen atoms in total. The highest BCUT2D eigenvalue weighted by Gasteiger charge is 2.64. The van der Waals surface area contributed by atoms with Crippen molar-refractivity contribution in [2.45, 2.75) is 136 Å². The zero-order valence-electron chi connectivity index (χ0n) is 31.7. The number of unbranched alkanes of at least 4 members (excludes halogenated alkanes) is 1. The Labute approximate surface area is 297 Å². The molecule has 4 aliphatic rings. The van der Waals surface area contributed by atoms with Gasteiger partial charge in [0.1, 0.15) is 6.10 Å². The van der Waals surface area contributed by atoms with Crippen molar-refractivity contribution in [3.63, 3.8) is 0 Å². The molecule has 0 aliphatic heterocycles. The molecule has 0 radical (unpaired) electrons. The topological polar surface area (TPSA) is 118 Å². The summed E-state index contributed by atoms with van der Waals surface area (Å²) >= 11 is 0. The lowest BCUT2D eigenvalue weighted by atomic mass is 9.44. The lowest BCUT2D eigenvalue weighted by Gasteiger charge is -2.63. The SMILES string of the molecule is CCC(=O)NCCOCCOCCOCCOCCC(=O)OC1CCC2(C)C(=CCC3(N)C2CCC2(C)C(CCCCC(C)C)CCC23)C1. The van der Waals surface area contributed by atoms with Gasteiger partial charge in [-0.2, -0.15) is 0 Å². The van der Waals surface area contributed by atoms with E-state index in [1.54, 1.807) is 0 Å². The molecule has 1 amide bonds. The average molecular weight is 691 g/mol. The second kappa shape index (κ2) is 19.4. The van der Waals surface area contributed by atoms with Crippen molar-refractivity contribution in [1.29, 1.82) is 0 Å². The van der Waals surface area contributed by atoms with Gasteiger partial charge in [0, 0.05) is 24.9 Å². The molecule has 0 aromatic heterocycles. The highest BCUT2D eigenvalue weighted by atomic mass is 16.6. The van der Waals surface area contributed by atoms with Gasteiger partial charge >= 0.3 is 5.97 Å². The molecular weight excluding hydrogens is 620 g/mol. The number of ether oxygens (including phenoxy) is 5. The molecule has 49 heavy (non-hydrogen) atoms. The van der Waals surface area contributed by atoms with Crippen LogP contribution < -0.4 is 11.1 Å². The van der Waals surface area contributed by atoms with Gasteiger partial charge in [-0.05, 0) is 85.9 Å². The molecule has 3 fully saturated rings. The minimum absolute atomic E-state index is 0.0275. The lowest BCUT2D eigenvalue weighted by molar-refractivity contribution is -0.153. The van der Waals surface area contributed by atoms with Crippen LogP contribution >= 0.6 is 0 Å². The highest BCUT2D eigenvalue weighted by Crippen LogP contribution is 2.67. The summed E-state index contributed by atoms with van der Waals surface area (Å²) in [5, 5.41) is 2.76. The average Bonchev–Trinajstić information content (AvgIpc) is 3.41. The third-order valence-corrected chi connectivity index (χ3v) is 12.8. The molecule has 0 heterocycles. The third kappa shape index (κ3) is 10.8. The molecule has 0 spiro atoms. The second-order valence-electron chi connectivity index (χ2n) is 16.3. The van der Waals surface area contributed by atoms with Crippen molar-refractivity contribution in [3.05, 3.63) is 11.6 Å². The lowest BCUT2D eigenvalue weighted by Crippen LogP contribution is -2.66. The Balaban J connectivity index is 1.08. The van der Waals surface area contributed by atoms with Crippen LogP contribution in [0.15, 0.2) is 11.6 Å². The number of rotatable bonds is 22. The number of esters is 1. The number of fused-ring (bicyclic) bond motifs is 5. The van der Waals surface area contributed by atoms with E-state index in [9.17, 15) is 9.59 Å². The van der Waals surface area contributed by atoms with Gasteiger partial charge in [0.2, 0.25) is 5.91 Å². The Morgan fingerprint density at radius 1 is 0.878 bits per heavy atom. The van der Waals surface area contributed by atoms with Gasteiger partial charge < -0.3 is 34.7 Å². The molecule has 3 N–H and O–H groups in total. The third-order valence-electron chi connectivity index (χ3n) is 12.8. The Morgan fingerprint density at radius 2 is 1.55 bits per heavy atom. The molecular formula is C40H70N2O7. The second-order valence-corrected chi connectivity index (χ2v) is 16.3. The number of nitrogens with two attached hydrogens (primary N) is 1. The van der Waals surface area contributed by atoms with Crippen molar-refractivity contribution in [1.82, 2.24) is 5.32 Å². The predicted octanol–water partition coefficient (Wildman–Crippen LogP) is 6.76. The number of nitrogens with one attached hydrogen (secondary N) is 1. The first kappa shape index (κ1) is 40.3. The first-order chi connectivity index (χ1) is 23.5. The Hall–Kier alpha value is -1.52. The van der Waals surface area contributed by atoms with Crippen LogP contribution in [0.4, 0.5) is 0 Å². The van der Waals surface area contributed by atoms with E-state index in [0.29, 0.717) is 83.1 Å². The molecule has 282 valence electrons. The van der Waals surface area contributed by atoms with Crippen molar-refractivity contribution in [3.8, 4) is 0 Å². The van der Waals surface area contributed by atoms with Crippen LogP contribution in [-0.4, -0.2) is 82.9 Å². The normalized spacial score (nSPS) is 32.3. The molecule has 7 atom stereocenters. The number of amides is 1. The van der Waals surface area contributed by atoms with Crippen LogP contribution in [0.5, 0.6) is 0 Å². The van der Waals surface area contributed by atoms with E-state index in [1.807, 2.05) is 6.92 Å². The Morgan fingerprint density at radius 3 is 2.22 bits per heavy atom. The van der Waals surface area contributed by atoms with Gasteiger partial charge in [0.05, 0.1) is 59.3 Å². The van der Waals surface area contributed by atoms with Crippen molar-refractivity contribution < 1.29 is 33.3 Å². The summed E-state index contributed by atoms with van der Waals surface area (Å²) in [6.07, 6.45) is 17.6. The van der Waals surface area contributed by atoms with Gasteiger partial charge in [0.25, 0.3) is 0 Å². The van der Waals surface area contributed by atoms with Gasteiger partial charge in [-0.1, -0.05) is 65.5 Å². The number of hydrogen-bond donors (Lipinski definition) is 2. The molecule has 0 bridgehead atoms. The summed E-state index contributed by atoms with van der Waals surface area (Å²) in [5.41, 5.74) is 9.45. The van der Waals surface area contributed by atoms with E-state index in [1.165, 1.54) is 56.9 Å². The van der Waals surface area contributed by atoms with Gasteiger partial charge in [-0.3, -0.25) is 9.59 Å². The molecule has 4 rings (SSSR count). The monoisotopic (exact) mass is 691 g/mol. The maximum absolute atomic E-state index is 12.7. The fourth-order valence-corrected chi connectivity index (χ4v) is 10.0. The van der Waals surface area contributed by atoms with E-state index in [2.05, 4.69) is 39.1 Å². The van der Waals surface area contributed by atoms with Gasteiger partial charge in [-0.25, -0.2) is 0 Å². The van der Waals surface area contributed by atoms with Crippen LogP contribution in [0.3, 0.4) is 0 Å². The van der Waals surface area contributed by atoms with E-state index in [0.717, 1.165) is 37.5 Å². The zero-order valence-corrected chi connectivity index (χ0v) is 31.7. The van der Waals surface area contributed by atoms with E-state index >= 15 is 0 Å². The Kier molecular flexibility index (Phi) is 15.9. The van der Waals surface area contributed by atoms with Gasteiger partial charge in [0.15, 0.2) is 0 Å². The highest BCUT2D eigenvalue weighted by molar-refractivity contribution is 5.75. The van der Waals surface area contributed by atoms with Crippen molar-refractivity contribution in [2.75, 3.05) is 59.4 Å². The van der Waals surface area contributed by atoms with E-state index < -0.39 is 0 Å². The van der Waals surface area contributed by atoms with Crippen molar-refractivity contribution >= 4 is 11.9 Å². The smallest absolute Gasteiger partial charge is 0.308 e. The first-order valence-electron chi connectivity index (χ1n) is 19.8.